The fourth-order valence-corrected chi connectivity index (χ4v) is 2.22. The highest BCUT2D eigenvalue weighted by atomic mass is 79.9. The van der Waals surface area contributed by atoms with Gasteiger partial charge in [0.1, 0.15) is 16.2 Å². The highest BCUT2D eigenvalue weighted by molar-refractivity contribution is 9.10. The van der Waals surface area contributed by atoms with Gasteiger partial charge in [-0.05, 0) is 40.5 Å². The lowest BCUT2D eigenvalue weighted by atomic mass is 10.1. The van der Waals surface area contributed by atoms with Crippen LogP contribution in [0, 0.1) is 0 Å². The molecule has 0 fully saturated rings. The zero-order valence-electron chi connectivity index (χ0n) is 10.5. The van der Waals surface area contributed by atoms with Crippen LogP contribution in [0.25, 0.3) is 11.3 Å². The molecule has 0 aliphatic rings. The molecule has 0 radical (unpaired) electrons. The van der Waals surface area contributed by atoms with Crippen molar-refractivity contribution in [2.45, 2.75) is 19.8 Å². The van der Waals surface area contributed by atoms with Crippen molar-refractivity contribution in [1.82, 2.24) is 9.97 Å². The van der Waals surface area contributed by atoms with E-state index in [0.29, 0.717) is 0 Å². The number of hydrogen-bond donors (Lipinski definition) is 0. The smallest absolute Gasteiger partial charge is 0.130 e. The molecule has 0 saturated heterocycles. The lowest BCUT2D eigenvalue weighted by Crippen LogP contribution is -1.98. The second kappa shape index (κ2) is 5.96. The first kappa shape index (κ1) is 13.0. The lowest BCUT2D eigenvalue weighted by molar-refractivity contribution is 0.416. The maximum Gasteiger partial charge on any atom is 0.130 e. The minimum Gasteiger partial charge on any atom is -0.496 e. The largest absolute Gasteiger partial charge is 0.496 e. The summed E-state index contributed by atoms with van der Waals surface area (Å²) in [5.74, 6) is 1.68. The average molecular weight is 307 g/mol. The van der Waals surface area contributed by atoms with Crippen LogP contribution in [-0.2, 0) is 6.42 Å². The summed E-state index contributed by atoms with van der Waals surface area (Å²) in [5, 5.41) is 0. The minimum absolute atomic E-state index is 0.807. The van der Waals surface area contributed by atoms with Crippen molar-refractivity contribution in [3.8, 4) is 17.0 Å². The molecule has 1 aromatic carbocycles. The molecule has 3 nitrogen and oxygen atoms in total. The Morgan fingerprint density at radius 1 is 1.22 bits per heavy atom. The third-order valence-corrected chi connectivity index (χ3v) is 3.00. The van der Waals surface area contributed by atoms with Crippen LogP contribution in [0.2, 0.25) is 0 Å². The molecule has 2 aromatic rings. The fraction of sp³-hybridized carbons (Fsp3) is 0.286. The first-order chi connectivity index (χ1) is 8.74. The van der Waals surface area contributed by atoms with E-state index in [4.69, 9.17) is 4.74 Å². The Morgan fingerprint density at radius 2 is 2.00 bits per heavy atom. The maximum absolute atomic E-state index is 5.36. The molecule has 1 heterocycles. The summed E-state index contributed by atoms with van der Waals surface area (Å²) in [6.07, 6.45) is 1.91. The third-order valence-electron chi connectivity index (χ3n) is 2.60. The van der Waals surface area contributed by atoms with Gasteiger partial charge in [0.15, 0.2) is 0 Å². The lowest BCUT2D eigenvalue weighted by Gasteiger charge is -2.09. The van der Waals surface area contributed by atoms with E-state index < -0.39 is 0 Å². The number of hydrogen-bond acceptors (Lipinski definition) is 3. The van der Waals surface area contributed by atoms with Crippen LogP contribution in [0.1, 0.15) is 19.2 Å². The average Bonchev–Trinajstić information content (AvgIpc) is 2.38. The molecule has 18 heavy (non-hydrogen) atoms. The molecule has 0 bridgehead atoms. The summed E-state index contributed by atoms with van der Waals surface area (Å²) in [5.41, 5.74) is 1.87. The number of halogens is 1. The van der Waals surface area contributed by atoms with E-state index in [2.05, 4.69) is 32.8 Å². The normalized spacial score (nSPS) is 10.4. The quantitative estimate of drug-likeness (QED) is 0.804. The van der Waals surface area contributed by atoms with E-state index in [0.717, 1.165) is 40.3 Å². The summed E-state index contributed by atoms with van der Waals surface area (Å²) in [7, 11) is 1.67. The molecule has 0 atom stereocenters. The van der Waals surface area contributed by atoms with Crippen molar-refractivity contribution < 1.29 is 4.74 Å². The van der Waals surface area contributed by atoms with Crippen molar-refractivity contribution in [2.24, 2.45) is 0 Å². The zero-order valence-corrected chi connectivity index (χ0v) is 12.1. The van der Waals surface area contributed by atoms with Crippen LogP contribution >= 0.6 is 15.9 Å². The second-order valence-corrected chi connectivity index (χ2v) is 4.75. The molecule has 2 rings (SSSR count). The minimum atomic E-state index is 0.807. The van der Waals surface area contributed by atoms with Gasteiger partial charge in [-0.2, -0.15) is 0 Å². The fourth-order valence-electron chi connectivity index (χ4n) is 1.79. The summed E-state index contributed by atoms with van der Waals surface area (Å²) in [6.45, 7) is 2.12. The Hall–Kier alpha value is -1.42. The molecule has 1 aromatic heterocycles. The van der Waals surface area contributed by atoms with E-state index >= 15 is 0 Å². The molecule has 0 spiro atoms. The van der Waals surface area contributed by atoms with Crippen LogP contribution in [0.3, 0.4) is 0 Å². The summed E-state index contributed by atoms with van der Waals surface area (Å²) in [6, 6.07) is 9.78. The first-order valence-electron chi connectivity index (χ1n) is 5.91. The molecule has 0 aliphatic carbocycles. The van der Waals surface area contributed by atoms with Gasteiger partial charge in [0.25, 0.3) is 0 Å². The Kier molecular flexibility index (Phi) is 4.31. The van der Waals surface area contributed by atoms with Gasteiger partial charge in [0.05, 0.1) is 12.8 Å². The van der Waals surface area contributed by atoms with Gasteiger partial charge in [-0.25, -0.2) is 9.97 Å². The Balaban J connectivity index is 2.49. The van der Waals surface area contributed by atoms with Gasteiger partial charge in [-0.15, -0.1) is 0 Å². The van der Waals surface area contributed by atoms with Crippen molar-refractivity contribution in [3.63, 3.8) is 0 Å². The first-order valence-corrected chi connectivity index (χ1v) is 6.70. The third kappa shape index (κ3) is 2.88. The van der Waals surface area contributed by atoms with Crippen LogP contribution < -0.4 is 4.74 Å². The van der Waals surface area contributed by atoms with Gasteiger partial charge in [0.2, 0.25) is 0 Å². The predicted molar refractivity (Wildman–Crippen MR) is 75.7 cm³/mol. The molecule has 0 amide bonds. The van der Waals surface area contributed by atoms with E-state index in [1.54, 1.807) is 7.11 Å². The number of aryl methyl sites for hydroxylation is 1. The van der Waals surface area contributed by atoms with Crippen LogP contribution in [0.4, 0.5) is 0 Å². The molecule has 0 N–H and O–H groups in total. The molecule has 0 aliphatic heterocycles. The highest BCUT2D eigenvalue weighted by Gasteiger charge is 2.09. The predicted octanol–water partition coefficient (Wildman–Crippen LogP) is 3.87. The van der Waals surface area contributed by atoms with E-state index in [9.17, 15) is 0 Å². The number of aromatic nitrogens is 2. The molecule has 4 heteroatoms. The maximum atomic E-state index is 5.36. The van der Waals surface area contributed by atoms with E-state index in [1.165, 1.54) is 0 Å². The van der Waals surface area contributed by atoms with E-state index in [-0.39, 0.29) is 0 Å². The second-order valence-electron chi connectivity index (χ2n) is 3.94. The zero-order chi connectivity index (χ0) is 13.0. The topological polar surface area (TPSA) is 35.0 Å². The van der Waals surface area contributed by atoms with Crippen molar-refractivity contribution in [3.05, 3.63) is 40.8 Å². The van der Waals surface area contributed by atoms with Gasteiger partial charge in [-0.1, -0.05) is 19.1 Å². The number of methoxy groups -OCH3 is 1. The number of ether oxygens (including phenoxy) is 1. The van der Waals surface area contributed by atoms with Crippen LogP contribution in [0.5, 0.6) is 5.75 Å². The van der Waals surface area contributed by atoms with Gasteiger partial charge in [-0.3, -0.25) is 0 Å². The van der Waals surface area contributed by atoms with Crippen LogP contribution in [-0.4, -0.2) is 17.1 Å². The van der Waals surface area contributed by atoms with Gasteiger partial charge in [0, 0.05) is 12.0 Å². The molecule has 94 valence electrons. The Morgan fingerprint density at radius 3 is 2.72 bits per heavy atom. The standard InChI is InChI=1S/C14H15BrN2O/c1-3-6-14-16-11(9-13(15)17-14)10-7-4-5-8-12(10)18-2/h4-5,7-9H,3,6H2,1-2H3. The van der Waals surface area contributed by atoms with Gasteiger partial charge >= 0.3 is 0 Å². The molecule has 0 saturated carbocycles. The van der Waals surface area contributed by atoms with Crippen molar-refractivity contribution >= 4 is 15.9 Å². The summed E-state index contributed by atoms with van der Waals surface area (Å²) < 4.78 is 6.17. The Labute approximate surface area is 115 Å². The number of rotatable bonds is 4. The SMILES string of the molecule is CCCc1nc(Br)cc(-c2ccccc2OC)n1. The van der Waals surface area contributed by atoms with Crippen molar-refractivity contribution in [2.75, 3.05) is 7.11 Å². The number of para-hydroxylation sites is 1. The Bertz CT molecular complexity index is 543. The molecular formula is C14H15BrN2O. The number of benzene rings is 1. The van der Waals surface area contributed by atoms with E-state index in [1.807, 2.05) is 30.3 Å². The summed E-state index contributed by atoms with van der Waals surface area (Å²) in [4.78, 5) is 8.95. The number of nitrogens with zero attached hydrogens (tertiary/aromatic N) is 2. The highest BCUT2D eigenvalue weighted by Crippen LogP contribution is 2.29. The van der Waals surface area contributed by atoms with Gasteiger partial charge < -0.3 is 4.74 Å². The van der Waals surface area contributed by atoms with Crippen LogP contribution in [0.15, 0.2) is 34.9 Å². The monoisotopic (exact) mass is 306 g/mol. The van der Waals surface area contributed by atoms with Crippen molar-refractivity contribution in [1.29, 1.82) is 0 Å². The molecular weight excluding hydrogens is 292 g/mol. The molecule has 0 unspecified atom stereocenters. The summed E-state index contributed by atoms with van der Waals surface area (Å²) >= 11 is 3.43.